The van der Waals surface area contributed by atoms with Gasteiger partial charge in [-0.15, -0.1) is 0 Å². The predicted molar refractivity (Wildman–Crippen MR) is 141 cm³/mol. The van der Waals surface area contributed by atoms with Crippen molar-refractivity contribution >= 4 is 23.1 Å². The molecule has 0 bridgehead atoms. The van der Waals surface area contributed by atoms with Gasteiger partial charge in [0, 0.05) is 25.3 Å². The van der Waals surface area contributed by atoms with Crippen molar-refractivity contribution in [2.24, 2.45) is 0 Å². The molecule has 1 unspecified atom stereocenters. The van der Waals surface area contributed by atoms with E-state index in [1.807, 2.05) is 36.4 Å². The largest absolute Gasteiger partial charge is 0.324 e. The van der Waals surface area contributed by atoms with Crippen LogP contribution in [0.3, 0.4) is 0 Å². The number of fused-ring (bicyclic) bond motifs is 2. The third kappa shape index (κ3) is 5.97. The third-order valence-electron chi connectivity index (χ3n) is 7.42. The number of carbonyl (C=O) groups is 1. The zero-order chi connectivity index (χ0) is 23.8. The lowest BCUT2D eigenvalue weighted by molar-refractivity contribution is 0.102. The van der Waals surface area contributed by atoms with Crippen LogP contribution in [-0.4, -0.2) is 66.0 Å². The molecule has 2 aliphatic heterocycles. The molecule has 0 spiro atoms. The number of unbranched alkanes of at least 4 members (excludes halogenated alkanes) is 3. The number of nitrogens with zero attached hydrogens (tertiary/aromatic N) is 4. The molecular weight excluding hydrogens is 422 g/mol. The second kappa shape index (κ2) is 12.3. The second-order valence-electron chi connectivity index (χ2n) is 9.58. The van der Waals surface area contributed by atoms with Crippen molar-refractivity contribution < 1.29 is 4.79 Å². The van der Waals surface area contributed by atoms with E-state index in [0.29, 0.717) is 5.56 Å². The lowest BCUT2D eigenvalue weighted by Crippen LogP contribution is -2.47. The zero-order valence-electron chi connectivity index (χ0n) is 21.0. The average molecular weight is 464 g/mol. The summed E-state index contributed by atoms with van der Waals surface area (Å²) in [5, 5.41) is 3.03. The molecule has 3 heterocycles. The number of aromatic nitrogens is 1. The Labute approximate surface area is 205 Å². The fraction of sp³-hybridized carbons (Fsp3) is 0.571. The summed E-state index contributed by atoms with van der Waals surface area (Å²) >= 11 is 0. The molecule has 4 rings (SSSR count). The summed E-state index contributed by atoms with van der Waals surface area (Å²) in [5.74, 6) is 0.779. The fourth-order valence-corrected chi connectivity index (χ4v) is 5.42. The summed E-state index contributed by atoms with van der Waals surface area (Å²) in [6.07, 6.45) is 10.7. The Morgan fingerprint density at radius 1 is 1.00 bits per heavy atom. The number of hydrogen-bond acceptors (Lipinski definition) is 5. The van der Waals surface area contributed by atoms with Crippen LogP contribution in [0, 0.1) is 0 Å². The van der Waals surface area contributed by atoms with Gasteiger partial charge in [0.2, 0.25) is 0 Å². The van der Waals surface area contributed by atoms with Crippen LogP contribution in [0.5, 0.6) is 0 Å². The maximum atomic E-state index is 12.7. The van der Waals surface area contributed by atoms with E-state index in [2.05, 4.69) is 38.8 Å². The van der Waals surface area contributed by atoms with Crippen LogP contribution >= 0.6 is 0 Å². The molecule has 2 aromatic rings. The van der Waals surface area contributed by atoms with Crippen LogP contribution in [0.4, 0.5) is 17.2 Å². The monoisotopic (exact) mass is 463 g/mol. The normalized spacial score (nSPS) is 18.4. The summed E-state index contributed by atoms with van der Waals surface area (Å²) in [6, 6.07) is 12.4. The molecule has 1 fully saturated rings. The second-order valence-corrected chi connectivity index (χ2v) is 9.58. The Hall–Kier alpha value is -2.44. The first-order valence-electron chi connectivity index (χ1n) is 13.3. The first-order valence-corrected chi connectivity index (χ1v) is 13.3. The molecular formula is C28H41N5O. The van der Waals surface area contributed by atoms with Crippen molar-refractivity contribution in [3.8, 4) is 0 Å². The Bertz CT molecular complexity index is 929. The van der Waals surface area contributed by atoms with Gasteiger partial charge in [-0.3, -0.25) is 9.69 Å². The summed E-state index contributed by atoms with van der Waals surface area (Å²) in [4.78, 5) is 24.9. The molecule has 0 saturated carbocycles. The van der Waals surface area contributed by atoms with Crippen LogP contribution < -0.4 is 10.2 Å². The number of hydrogen-bond donors (Lipinski definition) is 1. The summed E-state index contributed by atoms with van der Waals surface area (Å²) < 4.78 is 0. The number of carbonyl (C=O) groups excluding carboxylic acids is 1. The third-order valence-corrected chi connectivity index (χ3v) is 7.42. The highest BCUT2D eigenvalue weighted by Gasteiger charge is 2.26. The number of pyridine rings is 1. The lowest BCUT2D eigenvalue weighted by atomic mass is 10.0. The maximum Gasteiger partial charge on any atom is 0.257 e. The topological polar surface area (TPSA) is 51.7 Å². The van der Waals surface area contributed by atoms with Gasteiger partial charge in [-0.05, 0) is 76.1 Å². The highest BCUT2D eigenvalue weighted by Crippen LogP contribution is 2.36. The van der Waals surface area contributed by atoms with E-state index in [4.69, 9.17) is 0 Å². The quantitative estimate of drug-likeness (QED) is 0.443. The van der Waals surface area contributed by atoms with Crippen LogP contribution in [0.15, 0.2) is 42.6 Å². The molecule has 0 aliphatic carbocycles. The van der Waals surface area contributed by atoms with Gasteiger partial charge in [0.25, 0.3) is 5.91 Å². The van der Waals surface area contributed by atoms with Crippen molar-refractivity contribution in [2.75, 3.05) is 49.5 Å². The standard InChI is InChI=1S/C28H41N5O/c1-3-31(4-2)22-23-14-9-12-20-32(23)19-10-5-6-11-21-33-26-17-8-7-15-24(26)28(34)30-25-16-13-18-29-27(25)33/h7-8,13,15-18,23H,3-6,9-12,14,19-22H2,1-2H3,(H,30,34). The van der Waals surface area contributed by atoms with Gasteiger partial charge >= 0.3 is 0 Å². The van der Waals surface area contributed by atoms with Crippen LogP contribution in [-0.2, 0) is 0 Å². The van der Waals surface area contributed by atoms with Crippen molar-refractivity contribution in [1.29, 1.82) is 0 Å². The van der Waals surface area contributed by atoms with E-state index in [1.54, 1.807) is 6.20 Å². The summed E-state index contributed by atoms with van der Waals surface area (Å²) in [6.45, 7) is 11.4. The summed E-state index contributed by atoms with van der Waals surface area (Å²) in [5.41, 5.74) is 2.45. The molecule has 6 nitrogen and oxygen atoms in total. The van der Waals surface area contributed by atoms with Gasteiger partial charge < -0.3 is 15.1 Å². The number of likely N-dealkylation sites (N-methyl/N-ethyl adjacent to an activating group) is 1. The Morgan fingerprint density at radius 3 is 2.62 bits per heavy atom. The fourth-order valence-electron chi connectivity index (χ4n) is 5.42. The molecule has 6 heteroatoms. The van der Waals surface area contributed by atoms with E-state index >= 15 is 0 Å². The number of rotatable bonds is 11. The first kappa shape index (κ1) is 24.7. The van der Waals surface area contributed by atoms with Gasteiger partial charge in [0.05, 0.1) is 16.9 Å². The van der Waals surface area contributed by atoms with Crippen molar-refractivity contribution in [3.05, 3.63) is 48.2 Å². The number of amides is 1. The number of likely N-dealkylation sites (tertiary alicyclic amines) is 1. The van der Waals surface area contributed by atoms with E-state index in [9.17, 15) is 4.79 Å². The zero-order valence-corrected chi connectivity index (χ0v) is 21.0. The Kier molecular flexibility index (Phi) is 8.94. The van der Waals surface area contributed by atoms with Crippen LogP contribution in [0.2, 0.25) is 0 Å². The Balaban J connectivity index is 1.29. The molecule has 2 aliphatic rings. The number of nitrogens with one attached hydrogen (secondary N) is 1. The average Bonchev–Trinajstić information content (AvgIpc) is 2.99. The number of anilines is 3. The number of benzene rings is 1. The molecule has 1 aromatic carbocycles. The number of para-hydroxylation sites is 1. The van der Waals surface area contributed by atoms with E-state index < -0.39 is 0 Å². The van der Waals surface area contributed by atoms with Gasteiger partial charge in [-0.25, -0.2) is 4.98 Å². The van der Waals surface area contributed by atoms with E-state index in [0.717, 1.165) is 49.3 Å². The molecule has 184 valence electrons. The molecule has 34 heavy (non-hydrogen) atoms. The highest BCUT2D eigenvalue weighted by atomic mass is 16.1. The Morgan fingerprint density at radius 2 is 1.79 bits per heavy atom. The highest BCUT2D eigenvalue weighted by molar-refractivity contribution is 6.11. The molecule has 1 N–H and O–H groups in total. The lowest BCUT2D eigenvalue weighted by Gasteiger charge is -2.38. The minimum Gasteiger partial charge on any atom is -0.324 e. The van der Waals surface area contributed by atoms with Crippen LogP contribution in [0.25, 0.3) is 0 Å². The molecule has 1 atom stereocenters. The number of piperidine rings is 1. The SMILES string of the molecule is CCN(CC)CC1CCCCN1CCCCCCN1c2ccccc2C(=O)Nc2cccnc21. The van der Waals surface area contributed by atoms with Crippen molar-refractivity contribution in [3.63, 3.8) is 0 Å². The molecule has 1 aromatic heterocycles. The van der Waals surface area contributed by atoms with Crippen LogP contribution in [0.1, 0.15) is 69.2 Å². The predicted octanol–water partition coefficient (Wildman–Crippen LogP) is 5.54. The van der Waals surface area contributed by atoms with E-state index in [-0.39, 0.29) is 5.91 Å². The summed E-state index contributed by atoms with van der Waals surface area (Å²) in [7, 11) is 0. The minimum absolute atomic E-state index is 0.0619. The maximum absolute atomic E-state index is 12.7. The smallest absolute Gasteiger partial charge is 0.257 e. The van der Waals surface area contributed by atoms with Gasteiger partial charge in [-0.1, -0.05) is 45.2 Å². The van der Waals surface area contributed by atoms with Crippen molar-refractivity contribution in [2.45, 2.75) is 64.8 Å². The first-order chi connectivity index (χ1) is 16.7. The van der Waals surface area contributed by atoms with E-state index in [1.165, 1.54) is 58.2 Å². The van der Waals surface area contributed by atoms with Gasteiger partial charge in [-0.2, -0.15) is 0 Å². The molecule has 0 radical (unpaired) electrons. The van der Waals surface area contributed by atoms with Gasteiger partial charge in [0.1, 0.15) is 0 Å². The van der Waals surface area contributed by atoms with Gasteiger partial charge in [0.15, 0.2) is 5.82 Å². The van der Waals surface area contributed by atoms with Crippen molar-refractivity contribution in [1.82, 2.24) is 14.8 Å². The molecule has 1 saturated heterocycles. The minimum atomic E-state index is -0.0619. The molecule has 1 amide bonds.